The van der Waals surface area contributed by atoms with Crippen LogP contribution in [-0.4, -0.2) is 65.5 Å². The molecule has 3 N–H and O–H groups in total. The maximum Gasteiger partial charge on any atom is 0.254 e. The van der Waals surface area contributed by atoms with E-state index in [0.717, 1.165) is 43.4 Å². The van der Waals surface area contributed by atoms with Crippen LogP contribution in [0.3, 0.4) is 0 Å². The van der Waals surface area contributed by atoms with Crippen molar-refractivity contribution < 1.29 is 18.4 Å². The average Bonchev–Trinajstić information content (AvgIpc) is 3.23. The molecule has 0 bridgehead atoms. The lowest BCUT2D eigenvalue weighted by atomic mass is 9.83. The summed E-state index contributed by atoms with van der Waals surface area (Å²) in [5.74, 6) is -3.30. The number of carbonyl (C=O) groups excluding carboxylic acids is 2. The number of amides is 2. The third-order valence-electron chi connectivity index (χ3n) is 8.27. The zero-order valence-corrected chi connectivity index (χ0v) is 20.6. The standard InChI is InChI=1S/C26H34F2N6O2/c1-16-14-18(6-7-19(16)25(36)33-12-9-26(27,28)10-13-33)31-23-22-21(8-11-30-24(22)35)34(32-23)20-5-3-2-4-17(20)15-29/h6-7,14,17,20-23,31-32H,2-5,8-13H2,1H3,(H,30,35)/t17-,20+,21?,22?,23?/m1/s1. The van der Waals surface area contributed by atoms with Crippen molar-refractivity contribution in [1.82, 2.24) is 20.7 Å². The lowest BCUT2D eigenvalue weighted by Crippen LogP contribution is -2.54. The van der Waals surface area contributed by atoms with Crippen molar-refractivity contribution in [3.05, 3.63) is 29.3 Å². The first-order chi connectivity index (χ1) is 17.3. The second-order valence-corrected chi connectivity index (χ2v) is 10.6. The number of hydrazine groups is 1. The predicted molar refractivity (Wildman–Crippen MR) is 130 cm³/mol. The summed E-state index contributed by atoms with van der Waals surface area (Å²) in [6, 6.07) is 7.96. The van der Waals surface area contributed by atoms with Crippen LogP contribution in [0.1, 0.15) is 60.9 Å². The molecule has 1 saturated carbocycles. The Kier molecular flexibility index (Phi) is 6.88. The zero-order valence-electron chi connectivity index (χ0n) is 20.6. The number of alkyl halides is 2. The van der Waals surface area contributed by atoms with E-state index in [1.54, 1.807) is 12.1 Å². The summed E-state index contributed by atoms with van der Waals surface area (Å²) < 4.78 is 27.0. The van der Waals surface area contributed by atoms with Crippen LogP contribution in [0.5, 0.6) is 0 Å². The molecular formula is C26H34F2N6O2. The van der Waals surface area contributed by atoms with E-state index >= 15 is 0 Å². The molecule has 4 fully saturated rings. The molecule has 0 aromatic heterocycles. The van der Waals surface area contributed by atoms with Gasteiger partial charge in [-0.15, -0.1) is 0 Å². The highest BCUT2D eigenvalue weighted by molar-refractivity contribution is 5.96. The number of anilines is 1. The Labute approximate surface area is 210 Å². The third kappa shape index (κ3) is 4.78. The number of aryl methyl sites for hydroxylation is 1. The molecule has 3 saturated heterocycles. The minimum absolute atomic E-state index is 0.00603. The smallest absolute Gasteiger partial charge is 0.254 e. The van der Waals surface area contributed by atoms with E-state index in [4.69, 9.17) is 0 Å². The Morgan fingerprint density at radius 2 is 1.92 bits per heavy atom. The van der Waals surface area contributed by atoms with Crippen LogP contribution >= 0.6 is 0 Å². The molecule has 5 atom stereocenters. The fraction of sp³-hybridized carbons (Fsp3) is 0.654. The number of piperidine rings is 2. The van der Waals surface area contributed by atoms with E-state index in [-0.39, 0.29) is 67.8 Å². The number of hydrogen-bond acceptors (Lipinski definition) is 6. The van der Waals surface area contributed by atoms with Crippen molar-refractivity contribution in [3.63, 3.8) is 0 Å². The lowest BCUT2D eigenvalue weighted by molar-refractivity contribution is -0.128. The molecule has 194 valence electrons. The molecule has 36 heavy (non-hydrogen) atoms. The van der Waals surface area contributed by atoms with E-state index in [9.17, 15) is 23.6 Å². The minimum Gasteiger partial charge on any atom is -0.368 e. The first-order valence-corrected chi connectivity index (χ1v) is 13.0. The molecule has 3 aliphatic heterocycles. The van der Waals surface area contributed by atoms with Crippen molar-refractivity contribution in [2.45, 2.75) is 76.0 Å². The number of carbonyl (C=O) groups is 2. The molecule has 0 spiro atoms. The van der Waals surface area contributed by atoms with Gasteiger partial charge >= 0.3 is 0 Å². The van der Waals surface area contributed by atoms with Crippen LogP contribution in [0.25, 0.3) is 0 Å². The quantitative estimate of drug-likeness (QED) is 0.588. The Morgan fingerprint density at radius 3 is 2.64 bits per heavy atom. The van der Waals surface area contributed by atoms with Gasteiger partial charge in [0.2, 0.25) is 5.91 Å². The van der Waals surface area contributed by atoms with Crippen molar-refractivity contribution in [3.8, 4) is 6.07 Å². The maximum absolute atomic E-state index is 13.5. The van der Waals surface area contributed by atoms with Crippen molar-refractivity contribution >= 4 is 17.5 Å². The van der Waals surface area contributed by atoms with Gasteiger partial charge in [-0.05, 0) is 49.9 Å². The van der Waals surface area contributed by atoms with Crippen LogP contribution in [-0.2, 0) is 4.79 Å². The van der Waals surface area contributed by atoms with Crippen LogP contribution in [0.15, 0.2) is 18.2 Å². The molecule has 1 aliphatic carbocycles. The Bertz CT molecular complexity index is 1050. The van der Waals surface area contributed by atoms with Crippen molar-refractivity contribution in [2.75, 3.05) is 25.0 Å². The van der Waals surface area contributed by atoms with E-state index in [0.29, 0.717) is 12.1 Å². The predicted octanol–water partition coefficient (Wildman–Crippen LogP) is 3.01. The minimum atomic E-state index is -2.70. The molecule has 1 aromatic rings. The molecule has 3 heterocycles. The van der Waals surface area contributed by atoms with E-state index in [1.165, 1.54) is 4.90 Å². The molecule has 10 heteroatoms. The molecule has 3 unspecified atom stereocenters. The number of nitrogens with zero attached hydrogens (tertiary/aromatic N) is 3. The highest BCUT2D eigenvalue weighted by Gasteiger charge is 2.51. The van der Waals surface area contributed by atoms with Gasteiger partial charge in [0, 0.05) is 55.8 Å². The summed E-state index contributed by atoms with van der Waals surface area (Å²) in [4.78, 5) is 27.4. The van der Waals surface area contributed by atoms with Crippen LogP contribution in [0.2, 0.25) is 0 Å². The van der Waals surface area contributed by atoms with E-state index < -0.39 is 5.92 Å². The molecule has 1 aromatic carbocycles. The molecule has 5 rings (SSSR count). The topological polar surface area (TPSA) is 100 Å². The maximum atomic E-state index is 13.5. The number of likely N-dealkylation sites (tertiary alicyclic amines) is 1. The van der Waals surface area contributed by atoms with Gasteiger partial charge in [-0.3, -0.25) is 9.59 Å². The van der Waals surface area contributed by atoms with Gasteiger partial charge in [0.15, 0.2) is 0 Å². The van der Waals surface area contributed by atoms with Crippen LogP contribution < -0.4 is 16.1 Å². The summed E-state index contributed by atoms with van der Waals surface area (Å²) in [5.41, 5.74) is 5.54. The number of hydrogen-bond donors (Lipinski definition) is 3. The molecule has 0 radical (unpaired) electrons. The number of halogens is 2. The van der Waals surface area contributed by atoms with Gasteiger partial charge in [0.1, 0.15) is 6.17 Å². The summed E-state index contributed by atoms with van der Waals surface area (Å²) in [6.45, 7) is 2.56. The molecular weight excluding hydrogens is 466 g/mol. The SMILES string of the molecule is Cc1cc(NC2NN([C@H]3CCCC[C@@H]3C#N)C3CCNC(=O)C23)ccc1C(=O)N1CCC(F)(F)CC1. The molecule has 4 aliphatic rings. The second kappa shape index (κ2) is 9.94. The van der Waals surface area contributed by atoms with Gasteiger partial charge in [0.25, 0.3) is 11.8 Å². The Hall–Kier alpha value is -2.77. The zero-order chi connectivity index (χ0) is 25.4. The second-order valence-electron chi connectivity index (χ2n) is 10.6. The Balaban J connectivity index is 1.31. The number of rotatable bonds is 4. The van der Waals surface area contributed by atoms with Gasteiger partial charge < -0.3 is 15.5 Å². The summed E-state index contributed by atoms with van der Waals surface area (Å²) >= 11 is 0. The number of nitriles is 1. The largest absolute Gasteiger partial charge is 0.368 e. The first kappa shape index (κ1) is 24.9. The number of nitrogens with one attached hydrogen (secondary N) is 3. The van der Waals surface area contributed by atoms with E-state index in [2.05, 4.69) is 27.1 Å². The monoisotopic (exact) mass is 500 g/mol. The van der Waals surface area contributed by atoms with Crippen molar-refractivity contribution in [2.24, 2.45) is 11.8 Å². The normalized spacial score (nSPS) is 32.3. The summed E-state index contributed by atoms with van der Waals surface area (Å²) in [7, 11) is 0. The lowest BCUT2D eigenvalue weighted by Gasteiger charge is -2.39. The van der Waals surface area contributed by atoms with Gasteiger partial charge in [0.05, 0.1) is 17.9 Å². The summed E-state index contributed by atoms with van der Waals surface area (Å²) in [6.07, 6.45) is 3.80. The first-order valence-electron chi connectivity index (χ1n) is 13.0. The molecule has 8 nitrogen and oxygen atoms in total. The Morgan fingerprint density at radius 1 is 1.17 bits per heavy atom. The highest BCUT2D eigenvalue weighted by Crippen LogP contribution is 2.36. The fourth-order valence-corrected chi connectivity index (χ4v) is 6.28. The fourth-order valence-electron chi connectivity index (χ4n) is 6.28. The van der Waals surface area contributed by atoms with E-state index in [1.807, 2.05) is 13.0 Å². The highest BCUT2D eigenvalue weighted by atomic mass is 19.3. The number of fused-ring (bicyclic) bond motifs is 1. The van der Waals surface area contributed by atoms with Gasteiger partial charge in [-0.2, -0.15) is 5.26 Å². The van der Waals surface area contributed by atoms with Crippen LogP contribution in [0, 0.1) is 30.1 Å². The van der Waals surface area contributed by atoms with Crippen LogP contribution in [0.4, 0.5) is 14.5 Å². The third-order valence-corrected chi connectivity index (χ3v) is 8.27. The van der Waals surface area contributed by atoms with Gasteiger partial charge in [-0.25, -0.2) is 19.2 Å². The number of benzene rings is 1. The van der Waals surface area contributed by atoms with Crippen molar-refractivity contribution in [1.29, 1.82) is 5.26 Å². The summed E-state index contributed by atoms with van der Waals surface area (Å²) in [5, 5.41) is 18.3. The van der Waals surface area contributed by atoms with Gasteiger partial charge in [-0.1, -0.05) is 12.8 Å². The average molecular weight is 501 g/mol. The molecule has 2 amide bonds.